The van der Waals surface area contributed by atoms with Gasteiger partial charge in [0, 0.05) is 10.9 Å². The van der Waals surface area contributed by atoms with Crippen LogP contribution in [-0.2, 0) is 29.3 Å². The standard InChI is InChI=1S/C35H28BrClFN3O8/c1-48-26-14-16(13-25(36)29(26)42)28-21-11-12-22-27(32(45)40(30(22)43)34(47)49-2)23(21)15-24-31(44)41(39-20-9-7-19(38)8-10-20)33(46)35(24,28)17-3-5-18(37)6-4-17/h3-11,13-14,22-24,27-28,39,42H,12,15H2,1-2H3/t22-,23+,24-,27-,28-,35+/m0/s1. The zero-order valence-electron chi connectivity index (χ0n) is 26.0. The molecule has 5 amide bonds. The van der Waals surface area contributed by atoms with E-state index < -0.39 is 70.5 Å². The molecular weight excluding hydrogens is 725 g/mol. The SMILES string of the molecule is COC(=O)N1C(=O)[C@H]2[C@H](CC=C3[C@H]2C[C@H]2C(=O)N(Nc4ccc(F)cc4)C(=O)[C@@]2(c2ccc(Cl)cc2)[C@H]3c2cc(Br)c(O)c(OC)c2)C1=O. The molecule has 0 bridgehead atoms. The highest BCUT2D eigenvalue weighted by Gasteiger charge is 2.70. The molecule has 49 heavy (non-hydrogen) atoms. The number of amides is 5. The van der Waals surface area contributed by atoms with Gasteiger partial charge in [0.1, 0.15) is 5.82 Å². The number of hydrogen-bond acceptors (Lipinski definition) is 9. The Morgan fingerprint density at radius 2 is 1.69 bits per heavy atom. The molecule has 7 rings (SSSR count). The molecule has 2 heterocycles. The maximum Gasteiger partial charge on any atom is 0.423 e. The van der Waals surface area contributed by atoms with Gasteiger partial charge in [-0.2, -0.15) is 9.91 Å². The number of phenols is 1. The summed E-state index contributed by atoms with van der Waals surface area (Å²) in [4.78, 5) is 70.2. The van der Waals surface area contributed by atoms with Crippen LogP contribution in [0.4, 0.5) is 14.9 Å². The Morgan fingerprint density at radius 1 is 1.00 bits per heavy atom. The molecule has 2 N–H and O–H groups in total. The molecule has 2 aliphatic heterocycles. The van der Waals surface area contributed by atoms with Gasteiger partial charge >= 0.3 is 6.09 Å². The predicted octanol–water partition coefficient (Wildman–Crippen LogP) is 5.71. The summed E-state index contributed by atoms with van der Waals surface area (Å²) >= 11 is 9.71. The van der Waals surface area contributed by atoms with Crippen LogP contribution in [0.25, 0.3) is 0 Å². The number of hydrazine groups is 1. The Bertz CT molecular complexity index is 1970. The summed E-state index contributed by atoms with van der Waals surface area (Å²) < 4.78 is 24.3. The lowest BCUT2D eigenvalue weighted by molar-refractivity contribution is -0.140. The molecule has 0 unspecified atom stereocenters. The number of likely N-dealkylation sites (tertiary alicyclic amines) is 1. The Kier molecular flexibility index (Phi) is 8.02. The van der Waals surface area contributed by atoms with E-state index in [2.05, 4.69) is 21.4 Å². The molecule has 6 atom stereocenters. The van der Waals surface area contributed by atoms with Crippen LogP contribution < -0.4 is 10.2 Å². The van der Waals surface area contributed by atoms with Gasteiger partial charge in [0.15, 0.2) is 11.5 Å². The number of aromatic hydroxyl groups is 1. The number of ether oxygens (including phenoxy) is 2. The van der Waals surface area contributed by atoms with E-state index in [0.717, 1.165) is 12.1 Å². The summed E-state index contributed by atoms with van der Waals surface area (Å²) in [5.41, 5.74) is 3.07. The van der Waals surface area contributed by atoms with Crippen LogP contribution in [0.1, 0.15) is 29.9 Å². The fourth-order valence-electron chi connectivity index (χ4n) is 8.22. The summed E-state index contributed by atoms with van der Waals surface area (Å²) in [6.07, 6.45) is 0.783. The Hall–Kier alpha value is -4.75. The molecule has 1 saturated carbocycles. The normalized spacial score (nSPS) is 27.4. The summed E-state index contributed by atoms with van der Waals surface area (Å²) in [6.45, 7) is 0. The maximum absolute atomic E-state index is 15.1. The van der Waals surface area contributed by atoms with E-state index in [9.17, 15) is 28.7 Å². The third kappa shape index (κ3) is 4.77. The van der Waals surface area contributed by atoms with Crippen LogP contribution in [0.5, 0.6) is 11.5 Å². The zero-order chi connectivity index (χ0) is 34.9. The summed E-state index contributed by atoms with van der Waals surface area (Å²) in [7, 11) is 2.45. The Labute approximate surface area is 292 Å². The van der Waals surface area contributed by atoms with Gasteiger partial charge in [0.05, 0.1) is 47.5 Å². The van der Waals surface area contributed by atoms with Gasteiger partial charge in [-0.15, -0.1) is 0 Å². The highest BCUT2D eigenvalue weighted by atomic mass is 79.9. The van der Waals surface area contributed by atoms with Crippen LogP contribution >= 0.6 is 27.5 Å². The third-order valence-corrected chi connectivity index (χ3v) is 11.1. The maximum atomic E-state index is 15.1. The number of halogens is 3. The predicted molar refractivity (Wildman–Crippen MR) is 176 cm³/mol. The van der Waals surface area contributed by atoms with Gasteiger partial charge in [-0.25, -0.2) is 9.18 Å². The fourth-order valence-corrected chi connectivity index (χ4v) is 8.80. The van der Waals surface area contributed by atoms with Crippen molar-refractivity contribution in [2.45, 2.75) is 24.2 Å². The zero-order valence-corrected chi connectivity index (χ0v) is 28.3. The number of nitrogens with zero attached hydrogens (tertiary/aromatic N) is 2. The molecule has 11 nitrogen and oxygen atoms in total. The van der Waals surface area contributed by atoms with Gasteiger partial charge in [-0.3, -0.25) is 24.6 Å². The van der Waals surface area contributed by atoms with Crippen LogP contribution in [0, 0.1) is 29.5 Å². The lowest BCUT2D eigenvalue weighted by atomic mass is 9.49. The highest BCUT2D eigenvalue weighted by molar-refractivity contribution is 9.10. The minimum absolute atomic E-state index is 0.0251. The Morgan fingerprint density at radius 3 is 2.35 bits per heavy atom. The molecule has 3 fully saturated rings. The first-order chi connectivity index (χ1) is 23.4. The van der Waals surface area contributed by atoms with E-state index in [1.54, 1.807) is 36.4 Å². The fraction of sp³-hybridized carbons (Fsp3) is 0.286. The van der Waals surface area contributed by atoms with Crippen molar-refractivity contribution in [2.75, 3.05) is 19.6 Å². The molecule has 4 aliphatic rings. The van der Waals surface area contributed by atoms with E-state index in [4.69, 9.17) is 21.1 Å². The van der Waals surface area contributed by atoms with Crippen molar-refractivity contribution in [1.29, 1.82) is 0 Å². The van der Waals surface area contributed by atoms with Crippen molar-refractivity contribution in [1.82, 2.24) is 9.91 Å². The number of benzene rings is 3. The van der Waals surface area contributed by atoms with Crippen LogP contribution in [0.3, 0.4) is 0 Å². The molecule has 0 radical (unpaired) electrons. The average molecular weight is 753 g/mol. The molecular formula is C35H28BrClFN3O8. The molecule has 14 heteroatoms. The second-order valence-corrected chi connectivity index (χ2v) is 13.7. The lowest BCUT2D eigenvalue weighted by Crippen LogP contribution is -2.53. The number of fused-ring (bicyclic) bond motifs is 4. The number of phenolic OH excluding ortho intramolecular Hbond substituents is 1. The molecule has 3 aromatic carbocycles. The van der Waals surface area contributed by atoms with Crippen molar-refractivity contribution in [3.63, 3.8) is 0 Å². The topological polar surface area (TPSA) is 143 Å². The number of allylic oxidation sites excluding steroid dienone is 2. The second-order valence-electron chi connectivity index (χ2n) is 12.4. The Balaban J connectivity index is 1.48. The highest BCUT2D eigenvalue weighted by Crippen LogP contribution is 2.64. The van der Waals surface area contributed by atoms with Gasteiger partial charge in [0.2, 0.25) is 11.8 Å². The lowest BCUT2D eigenvalue weighted by Gasteiger charge is -2.50. The molecule has 252 valence electrons. The quantitative estimate of drug-likeness (QED) is 0.248. The van der Waals surface area contributed by atoms with Crippen molar-refractivity contribution in [3.05, 3.63) is 98.8 Å². The average Bonchev–Trinajstić information content (AvgIpc) is 3.47. The van der Waals surface area contributed by atoms with Crippen molar-refractivity contribution in [3.8, 4) is 11.5 Å². The van der Waals surface area contributed by atoms with E-state index in [0.29, 0.717) is 26.6 Å². The summed E-state index contributed by atoms with van der Waals surface area (Å²) in [6, 6.07) is 15.0. The van der Waals surface area contributed by atoms with E-state index in [1.165, 1.54) is 31.4 Å². The largest absolute Gasteiger partial charge is 0.503 e. The van der Waals surface area contributed by atoms with Gasteiger partial charge in [-0.1, -0.05) is 35.4 Å². The number of carbonyl (C=O) groups is 5. The smallest absolute Gasteiger partial charge is 0.423 e. The minimum atomic E-state index is -1.64. The monoisotopic (exact) mass is 751 g/mol. The van der Waals surface area contributed by atoms with Crippen molar-refractivity contribution >= 4 is 62.9 Å². The van der Waals surface area contributed by atoms with E-state index in [-0.39, 0.29) is 34.5 Å². The van der Waals surface area contributed by atoms with Crippen LogP contribution in [0.2, 0.25) is 5.02 Å². The summed E-state index contributed by atoms with van der Waals surface area (Å²) in [5, 5.41) is 12.1. The first-order valence-corrected chi connectivity index (χ1v) is 16.5. The number of anilines is 1. The second kappa shape index (κ2) is 12.0. The minimum Gasteiger partial charge on any atom is -0.503 e. The van der Waals surface area contributed by atoms with Crippen LogP contribution in [0.15, 0.2) is 76.8 Å². The number of nitrogens with one attached hydrogen (secondary N) is 1. The number of carbonyl (C=O) groups excluding carboxylic acids is 5. The first kappa shape index (κ1) is 32.8. The van der Waals surface area contributed by atoms with Crippen LogP contribution in [-0.4, -0.2) is 59.0 Å². The summed E-state index contributed by atoms with van der Waals surface area (Å²) in [5.74, 6) is -7.96. The van der Waals surface area contributed by atoms with Gasteiger partial charge < -0.3 is 14.6 Å². The van der Waals surface area contributed by atoms with E-state index in [1.807, 2.05) is 6.08 Å². The third-order valence-electron chi connectivity index (χ3n) is 10.2. The molecule has 3 aromatic rings. The number of methoxy groups -OCH3 is 2. The molecule has 2 aliphatic carbocycles. The number of hydrogen-bond donors (Lipinski definition) is 2. The molecule has 0 aromatic heterocycles. The van der Waals surface area contributed by atoms with Crippen molar-refractivity contribution < 1.29 is 42.9 Å². The van der Waals surface area contributed by atoms with Gasteiger partial charge in [0.25, 0.3) is 11.8 Å². The van der Waals surface area contributed by atoms with E-state index >= 15 is 4.79 Å². The van der Waals surface area contributed by atoms with Gasteiger partial charge in [-0.05, 0) is 94.3 Å². The number of imide groups is 4. The molecule has 2 saturated heterocycles. The molecule has 0 spiro atoms. The number of rotatable bonds is 5. The van der Waals surface area contributed by atoms with Crippen molar-refractivity contribution in [2.24, 2.45) is 23.7 Å². The first-order valence-electron chi connectivity index (χ1n) is 15.3.